The topological polar surface area (TPSA) is 12.0 Å². The molecule has 0 aliphatic rings. The minimum absolute atomic E-state index is 0. The monoisotopic (exact) mass is 139 g/mol. The highest BCUT2D eigenvalue weighted by molar-refractivity contribution is 5.85. The van der Waals surface area contributed by atoms with Crippen molar-refractivity contribution >= 4 is 12.4 Å². The quantitative estimate of drug-likeness (QED) is 0.438. The van der Waals surface area contributed by atoms with Crippen LogP contribution in [0.25, 0.3) is 0 Å². The van der Waals surface area contributed by atoms with Crippen LogP contribution in [0.4, 0.5) is 0 Å². The first-order valence-electron chi connectivity index (χ1n) is 2.63. The summed E-state index contributed by atoms with van der Waals surface area (Å²) in [4.78, 5) is 0. The second-order valence-corrected chi connectivity index (χ2v) is 2.52. The van der Waals surface area contributed by atoms with Crippen molar-refractivity contribution in [3.63, 3.8) is 0 Å². The fourth-order valence-electron chi connectivity index (χ4n) is 0.474. The molecule has 0 aliphatic heterocycles. The van der Waals surface area contributed by atoms with E-state index < -0.39 is 0 Å². The van der Waals surface area contributed by atoms with E-state index in [-0.39, 0.29) is 12.4 Å². The van der Waals surface area contributed by atoms with Crippen LogP contribution >= 0.6 is 12.4 Å². The Morgan fingerprint density at radius 1 is 1.25 bits per heavy atom. The van der Waals surface area contributed by atoms with Crippen molar-refractivity contribution in [2.45, 2.75) is 6.92 Å². The zero-order valence-electron chi connectivity index (χ0n) is 6.06. The Bertz CT molecular complexity index is 48.9. The third kappa shape index (κ3) is 9.51. The van der Waals surface area contributed by atoms with Crippen LogP contribution in [0.15, 0.2) is 0 Å². The molecule has 0 unspecified atom stereocenters. The summed E-state index contributed by atoms with van der Waals surface area (Å²) in [5, 5.41) is 0. The summed E-state index contributed by atoms with van der Waals surface area (Å²) in [5.41, 5.74) is 3.22. The van der Waals surface area contributed by atoms with Crippen LogP contribution < -0.4 is 5.43 Å². The number of quaternary nitrogens is 1. The second kappa shape index (κ2) is 4.13. The average molecular weight is 140 g/mol. The highest BCUT2D eigenvalue weighted by atomic mass is 35.5. The van der Waals surface area contributed by atoms with Crippen LogP contribution in [0.3, 0.4) is 0 Å². The summed E-state index contributed by atoms with van der Waals surface area (Å²) in [7, 11) is 6.30. The van der Waals surface area contributed by atoms with Gasteiger partial charge in [0.1, 0.15) is 0 Å². The molecule has 0 aromatic rings. The molecule has 1 N–H and O–H groups in total. The molecule has 2 nitrogen and oxygen atoms in total. The molecule has 0 aromatic carbocycles. The largest absolute Gasteiger partial charge is 0.253 e. The van der Waals surface area contributed by atoms with Gasteiger partial charge in [-0.2, -0.15) is 5.43 Å². The van der Waals surface area contributed by atoms with Gasteiger partial charge >= 0.3 is 0 Å². The van der Waals surface area contributed by atoms with Crippen molar-refractivity contribution in [1.82, 2.24) is 5.43 Å². The summed E-state index contributed by atoms with van der Waals surface area (Å²) in [6.07, 6.45) is 0. The average Bonchev–Trinajstić information content (AvgIpc) is 1.30. The molecule has 0 aliphatic carbocycles. The predicted molar refractivity (Wildman–Crippen MR) is 39.0 cm³/mol. The third-order valence-corrected chi connectivity index (χ3v) is 0.632. The van der Waals surface area contributed by atoms with Gasteiger partial charge in [-0.25, -0.2) is 0 Å². The van der Waals surface area contributed by atoms with Crippen LogP contribution in [-0.4, -0.2) is 32.3 Å². The lowest BCUT2D eigenvalue weighted by Gasteiger charge is -2.22. The Morgan fingerprint density at radius 3 is 1.62 bits per heavy atom. The van der Waals surface area contributed by atoms with E-state index in [1.54, 1.807) is 0 Å². The van der Waals surface area contributed by atoms with Gasteiger partial charge in [-0.1, -0.05) is 0 Å². The van der Waals surface area contributed by atoms with Crippen LogP contribution in [0.1, 0.15) is 6.92 Å². The van der Waals surface area contributed by atoms with Crippen molar-refractivity contribution in [3.05, 3.63) is 0 Å². The lowest BCUT2D eigenvalue weighted by atomic mass is 10.7. The molecule has 0 bridgehead atoms. The summed E-state index contributed by atoms with van der Waals surface area (Å²) in [6.45, 7) is 3.13. The molecule has 0 fully saturated rings. The molecule has 3 heteroatoms. The number of halogens is 1. The smallest absolute Gasteiger partial charge is 0.0853 e. The number of hydrogen-bond donors (Lipinski definition) is 1. The molecule has 52 valence electrons. The number of nitrogens with zero attached hydrogens (tertiary/aromatic N) is 1. The fourth-order valence-corrected chi connectivity index (χ4v) is 0.474. The zero-order valence-corrected chi connectivity index (χ0v) is 6.88. The van der Waals surface area contributed by atoms with Gasteiger partial charge in [0, 0.05) is 6.54 Å². The van der Waals surface area contributed by atoms with Crippen molar-refractivity contribution in [2.24, 2.45) is 0 Å². The molecule has 0 saturated heterocycles. The summed E-state index contributed by atoms with van der Waals surface area (Å²) in [5.74, 6) is 0. The summed E-state index contributed by atoms with van der Waals surface area (Å²) >= 11 is 0. The van der Waals surface area contributed by atoms with E-state index in [0.29, 0.717) is 0 Å². The minimum atomic E-state index is 0. The molecule has 0 atom stereocenters. The van der Waals surface area contributed by atoms with Crippen molar-refractivity contribution in [1.29, 1.82) is 0 Å². The third-order valence-electron chi connectivity index (χ3n) is 0.632. The molecule has 0 amide bonds. The SMILES string of the molecule is CCN[N+](C)(C)C.Cl. The van der Waals surface area contributed by atoms with Gasteiger partial charge in [-0.05, 0) is 6.92 Å². The zero-order chi connectivity index (χ0) is 5.91. The van der Waals surface area contributed by atoms with Gasteiger partial charge < -0.3 is 0 Å². The van der Waals surface area contributed by atoms with Crippen LogP contribution in [0.2, 0.25) is 0 Å². The summed E-state index contributed by atoms with van der Waals surface area (Å²) in [6, 6.07) is 0. The normalized spacial score (nSPS) is 10.5. The Balaban J connectivity index is 0. The Kier molecular flexibility index (Phi) is 5.71. The molecule has 0 aromatic heterocycles. The van der Waals surface area contributed by atoms with E-state index in [0.717, 1.165) is 11.1 Å². The standard InChI is InChI=1S/C5H15N2.ClH/c1-5-6-7(2,3)4;/h6H,5H2,1-4H3;1H/q+1;. The number of hydrogen-bond acceptors (Lipinski definition) is 1. The van der Waals surface area contributed by atoms with Crippen molar-refractivity contribution in [3.8, 4) is 0 Å². The van der Waals surface area contributed by atoms with E-state index >= 15 is 0 Å². The first kappa shape index (κ1) is 11.1. The molecule has 0 heterocycles. The Morgan fingerprint density at radius 2 is 1.62 bits per heavy atom. The first-order valence-corrected chi connectivity index (χ1v) is 2.63. The molecule has 8 heavy (non-hydrogen) atoms. The maximum atomic E-state index is 3.22. The van der Waals surface area contributed by atoms with Gasteiger partial charge in [0.2, 0.25) is 0 Å². The number of rotatable bonds is 2. The predicted octanol–water partition coefficient (Wildman–Crippen LogP) is 0.639. The maximum Gasteiger partial charge on any atom is 0.0853 e. The van der Waals surface area contributed by atoms with Crippen molar-refractivity contribution < 1.29 is 4.59 Å². The van der Waals surface area contributed by atoms with Crippen LogP contribution in [0.5, 0.6) is 0 Å². The van der Waals surface area contributed by atoms with Gasteiger partial charge in [0.05, 0.1) is 21.1 Å². The highest BCUT2D eigenvalue weighted by Crippen LogP contribution is 1.77. The first-order chi connectivity index (χ1) is 3.06. The molecular formula is C5H16ClN2+. The van der Waals surface area contributed by atoms with E-state index in [9.17, 15) is 0 Å². The molecule has 0 spiro atoms. The minimum Gasteiger partial charge on any atom is -0.253 e. The van der Waals surface area contributed by atoms with Gasteiger partial charge in [0.25, 0.3) is 0 Å². The summed E-state index contributed by atoms with van der Waals surface area (Å²) < 4.78 is 0.844. The second-order valence-electron chi connectivity index (χ2n) is 2.52. The molecule has 0 saturated carbocycles. The molecule has 0 radical (unpaired) electrons. The number of nitrogens with one attached hydrogen (secondary N) is 1. The maximum absolute atomic E-state index is 3.22. The van der Waals surface area contributed by atoms with E-state index in [4.69, 9.17) is 0 Å². The Labute approximate surface area is 57.8 Å². The molecular weight excluding hydrogens is 124 g/mol. The van der Waals surface area contributed by atoms with Crippen molar-refractivity contribution in [2.75, 3.05) is 27.7 Å². The van der Waals surface area contributed by atoms with E-state index in [1.807, 2.05) is 0 Å². The Hall–Kier alpha value is 0.210. The van der Waals surface area contributed by atoms with E-state index in [2.05, 4.69) is 33.5 Å². The van der Waals surface area contributed by atoms with Crippen LogP contribution in [0, 0.1) is 0 Å². The van der Waals surface area contributed by atoms with Gasteiger partial charge in [-0.15, -0.1) is 12.4 Å². The van der Waals surface area contributed by atoms with E-state index in [1.165, 1.54) is 0 Å². The lowest BCUT2D eigenvalue weighted by molar-refractivity contribution is -0.915. The fraction of sp³-hybridized carbons (Fsp3) is 1.00. The van der Waals surface area contributed by atoms with Crippen LogP contribution in [-0.2, 0) is 0 Å². The van der Waals surface area contributed by atoms with Gasteiger partial charge in [0.15, 0.2) is 0 Å². The lowest BCUT2D eigenvalue weighted by Crippen LogP contribution is -2.47. The van der Waals surface area contributed by atoms with Gasteiger partial charge in [-0.3, -0.25) is 4.59 Å². The highest BCUT2D eigenvalue weighted by Gasteiger charge is 2.00. The molecule has 0 rings (SSSR count).